The molecule has 17 heavy (non-hydrogen) atoms. The number of nitrogen functional groups attached to an aromatic ring is 1. The molecule has 96 valence electrons. The third kappa shape index (κ3) is 2.78. The van der Waals surface area contributed by atoms with Gasteiger partial charge in [-0.2, -0.15) is 0 Å². The van der Waals surface area contributed by atoms with E-state index in [1.807, 2.05) is 0 Å². The molecular formula is C12H21N3O2. The van der Waals surface area contributed by atoms with Gasteiger partial charge in [-0.05, 0) is 11.3 Å². The van der Waals surface area contributed by atoms with E-state index in [1.165, 1.54) is 7.11 Å². The molecular weight excluding hydrogens is 218 g/mol. The van der Waals surface area contributed by atoms with Crippen molar-refractivity contribution in [2.45, 2.75) is 34.2 Å². The van der Waals surface area contributed by atoms with Gasteiger partial charge in [0.1, 0.15) is 5.82 Å². The fraction of sp³-hybridized carbons (Fsp3) is 0.667. The number of nitrogens with two attached hydrogens (primary N) is 1. The molecule has 0 aromatic carbocycles. The number of carbonyl (C=O) groups is 1. The average molecular weight is 239 g/mol. The Kier molecular flexibility index (Phi) is 3.80. The molecule has 1 heterocycles. The molecule has 0 aliphatic rings. The minimum absolute atomic E-state index is 0.0855. The van der Waals surface area contributed by atoms with Crippen molar-refractivity contribution in [2.75, 3.05) is 12.8 Å². The van der Waals surface area contributed by atoms with Crippen LogP contribution >= 0.6 is 0 Å². The number of imidazole rings is 1. The van der Waals surface area contributed by atoms with Gasteiger partial charge >= 0.3 is 5.97 Å². The van der Waals surface area contributed by atoms with Crippen molar-refractivity contribution in [3.8, 4) is 0 Å². The zero-order valence-corrected chi connectivity index (χ0v) is 11.2. The molecule has 1 aromatic heterocycles. The Bertz CT molecular complexity index is 408. The lowest BCUT2D eigenvalue weighted by Crippen LogP contribution is -2.26. The minimum atomic E-state index is -0.497. The van der Waals surface area contributed by atoms with Crippen molar-refractivity contribution in [3.63, 3.8) is 0 Å². The van der Waals surface area contributed by atoms with Crippen molar-refractivity contribution >= 4 is 11.8 Å². The first-order valence-corrected chi connectivity index (χ1v) is 5.68. The van der Waals surface area contributed by atoms with E-state index in [4.69, 9.17) is 5.73 Å². The summed E-state index contributed by atoms with van der Waals surface area (Å²) in [6.07, 6.45) is 1.59. The molecule has 0 saturated carbocycles. The monoisotopic (exact) mass is 239 g/mol. The van der Waals surface area contributed by atoms with Gasteiger partial charge in [-0.25, -0.2) is 9.78 Å². The largest absolute Gasteiger partial charge is 0.464 e. The van der Waals surface area contributed by atoms with Gasteiger partial charge in [-0.15, -0.1) is 0 Å². The highest BCUT2D eigenvalue weighted by Gasteiger charge is 2.25. The average Bonchev–Trinajstić information content (AvgIpc) is 2.59. The van der Waals surface area contributed by atoms with Crippen molar-refractivity contribution in [1.82, 2.24) is 9.55 Å². The standard InChI is InChI=1S/C12H21N3O2/c1-8(2)12(3,4)6-15-7-14-9(10(15)13)11(16)17-5/h7-8H,6,13H2,1-5H3. The summed E-state index contributed by atoms with van der Waals surface area (Å²) >= 11 is 0. The molecule has 0 aliphatic carbocycles. The van der Waals surface area contributed by atoms with E-state index in [9.17, 15) is 4.79 Å². The molecule has 5 nitrogen and oxygen atoms in total. The van der Waals surface area contributed by atoms with Gasteiger partial charge in [0.2, 0.25) is 0 Å². The number of carbonyl (C=O) groups excluding carboxylic acids is 1. The number of ether oxygens (including phenoxy) is 1. The number of hydrogen-bond acceptors (Lipinski definition) is 4. The van der Waals surface area contributed by atoms with Crippen LogP contribution in [0.15, 0.2) is 6.33 Å². The predicted molar refractivity (Wildman–Crippen MR) is 66.6 cm³/mol. The zero-order chi connectivity index (χ0) is 13.2. The first-order valence-electron chi connectivity index (χ1n) is 5.68. The van der Waals surface area contributed by atoms with E-state index in [-0.39, 0.29) is 11.1 Å². The maximum Gasteiger partial charge on any atom is 0.360 e. The summed E-state index contributed by atoms with van der Waals surface area (Å²) in [7, 11) is 1.32. The van der Waals surface area contributed by atoms with Crippen molar-refractivity contribution in [1.29, 1.82) is 0 Å². The molecule has 0 atom stereocenters. The summed E-state index contributed by atoms with van der Waals surface area (Å²) in [4.78, 5) is 15.4. The molecule has 0 fully saturated rings. The second kappa shape index (κ2) is 4.77. The van der Waals surface area contributed by atoms with Crippen LogP contribution in [0.3, 0.4) is 0 Å². The molecule has 0 aliphatic heterocycles. The molecule has 0 saturated heterocycles. The van der Waals surface area contributed by atoms with Crippen molar-refractivity contribution in [2.24, 2.45) is 11.3 Å². The van der Waals surface area contributed by atoms with E-state index in [0.717, 1.165) is 6.54 Å². The van der Waals surface area contributed by atoms with E-state index in [1.54, 1.807) is 10.9 Å². The highest BCUT2D eigenvalue weighted by Crippen LogP contribution is 2.29. The third-order valence-electron chi connectivity index (χ3n) is 3.40. The summed E-state index contributed by atoms with van der Waals surface area (Å²) < 4.78 is 6.41. The number of rotatable bonds is 4. The fourth-order valence-electron chi connectivity index (χ4n) is 1.39. The number of hydrogen-bond donors (Lipinski definition) is 1. The van der Waals surface area contributed by atoms with Crippen LogP contribution in [0, 0.1) is 11.3 Å². The Morgan fingerprint density at radius 3 is 2.65 bits per heavy atom. The van der Waals surface area contributed by atoms with Crippen LogP contribution in [0.5, 0.6) is 0 Å². The topological polar surface area (TPSA) is 70.1 Å². The smallest absolute Gasteiger partial charge is 0.360 e. The summed E-state index contributed by atoms with van der Waals surface area (Å²) in [6.45, 7) is 9.37. The van der Waals surface area contributed by atoms with Gasteiger partial charge < -0.3 is 15.0 Å². The second-order valence-corrected chi connectivity index (χ2v) is 5.24. The second-order valence-electron chi connectivity index (χ2n) is 5.24. The maximum absolute atomic E-state index is 11.4. The summed E-state index contributed by atoms with van der Waals surface area (Å²) in [5.41, 5.74) is 6.16. The van der Waals surface area contributed by atoms with Gasteiger partial charge in [-0.1, -0.05) is 27.7 Å². The fourth-order valence-corrected chi connectivity index (χ4v) is 1.39. The van der Waals surface area contributed by atoms with Crippen molar-refractivity contribution in [3.05, 3.63) is 12.0 Å². The molecule has 5 heteroatoms. The molecule has 0 unspecified atom stereocenters. The lowest BCUT2D eigenvalue weighted by atomic mass is 9.81. The molecule has 0 radical (unpaired) electrons. The summed E-state index contributed by atoms with van der Waals surface area (Å²) in [6, 6.07) is 0. The number of anilines is 1. The van der Waals surface area contributed by atoms with Gasteiger partial charge in [0.05, 0.1) is 13.4 Å². The number of nitrogens with zero attached hydrogens (tertiary/aromatic N) is 2. The minimum Gasteiger partial charge on any atom is -0.464 e. The first kappa shape index (κ1) is 13.5. The Labute approximate surface area is 102 Å². The molecule has 0 bridgehead atoms. The van der Waals surface area contributed by atoms with Crippen LogP contribution in [0.25, 0.3) is 0 Å². The van der Waals surface area contributed by atoms with Gasteiger partial charge in [0, 0.05) is 6.54 Å². The molecule has 1 rings (SSSR count). The van der Waals surface area contributed by atoms with E-state index < -0.39 is 5.97 Å². The van der Waals surface area contributed by atoms with Crippen LogP contribution in [-0.4, -0.2) is 22.6 Å². The highest BCUT2D eigenvalue weighted by atomic mass is 16.5. The lowest BCUT2D eigenvalue weighted by molar-refractivity contribution is 0.0595. The number of methoxy groups -OCH3 is 1. The molecule has 0 amide bonds. The zero-order valence-electron chi connectivity index (χ0n) is 11.2. The summed E-state index contributed by atoms with van der Waals surface area (Å²) in [5, 5.41) is 0. The quantitative estimate of drug-likeness (QED) is 0.815. The Morgan fingerprint density at radius 1 is 1.59 bits per heavy atom. The van der Waals surface area contributed by atoms with Crippen LogP contribution in [0.1, 0.15) is 38.2 Å². The Balaban J connectivity index is 2.95. The van der Waals surface area contributed by atoms with Crippen LogP contribution in [-0.2, 0) is 11.3 Å². The molecule has 0 spiro atoms. The van der Waals surface area contributed by atoms with Gasteiger partial charge in [0.15, 0.2) is 5.69 Å². The van der Waals surface area contributed by atoms with E-state index in [2.05, 4.69) is 37.4 Å². The lowest BCUT2D eigenvalue weighted by Gasteiger charge is -2.29. The Morgan fingerprint density at radius 2 is 2.18 bits per heavy atom. The first-order chi connectivity index (χ1) is 7.79. The Hall–Kier alpha value is -1.52. The van der Waals surface area contributed by atoms with E-state index in [0.29, 0.717) is 11.7 Å². The van der Waals surface area contributed by atoms with E-state index >= 15 is 0 Å². The predicted octanol–water partition coefficient (Wildman–Crippen LogP) is 1.93. The van der Waals surface area contributed by atoms with Crippen LogP contribution < -0.4 is 5.73 Å². The van der Waals surface area contributed by atoms with Gasteiger partial charge in [0.25, 0.3) is 0 Å². The number of aromatic nitrogens is 2. The van der Waals surface area contributed by atoms with Crippen molar-refractivity contribution < 1.29 is 9.53 Å². The summed E-state index contributed by atoms with van der Waals surface area (Å²) in [5.74, 6) is 0.375. The number of esters is 1. The van der Waals surface area contributed by atoms with Crippen LogP contribution in [0.2, 0.25) is 0 Å². The molecule has 1 aromatic rings. The maximum atomic E-state index is 11.4. The van der Waals surface area contributed by atoms with Gasteiger partial charge in [-0.3, -0.25) is 0 Å². The third-order valence-corrected chi connectivity index (χ3v) is 3.40. The van der Waals surface area contributed by atoms with Crippen LogP contribution in [0.4, 0.5) is 5.82 Å². The SMILES string of the molecule is COC(=O)c1ncn(CC(C)(C)C(C)C)c1N. The highest BCUT2D eigenvalue weighted by molar-refractivity contribution is 5.92. The normalized spacial score (nSPS) is 11.9. The molecule has 2 N–H and O–H groups in total.